The Bertz CT molecular complexity index is 291. The molecule has 0 aliphatic carbocycles. The lowest BCUT2D eigenvalue weighted by Crippen LogP contribution is -1.79. The van der Waals surface area contributed by atoms with Gasteiger partial charge in [0.2, 0.25) is 0 Å². The fourth-order valence-corrected chi connectivity index (χ4v) is 1.14. The highest BCUT2D eigenvalue weighted by Crippen LogP contribution is 2.22. The van der Waals surface area contributed by atoms with Crippen LogP contribution in [0.15, 0.2) is 35.8 Å². The van der Waals surface area contributed by atoms with Crippen LogP contribution in [-0.2, 0) is 0 Å². The number of aryl methyl sites for hydroxylation is 2. The van der Waals surface area contributed by atoms with Crippen molar-refractivity contribution < 1.29 is 0 Å². The lowest BCUT2D eigenvalue weighted by Gasteiger charge is -2.02. The van der Waals surface area contributed by atoms with E-state index < -0.39 is 0 Å². The molecule has 1 rings (SSSR count). The molecule has 62 valence electrons. The molecule has 0 bridgehead atoms. The van der Waals surface area contributed by atoms with Crippen LogP contribution in [0, 0.1) is 13.8 Å². The van der Waals surface area contributed by atoms with Crippen LogP contribution >= 0.6 is 0 Å². The summed E-state index contributed by atoms with van der Waals surface area (Å²) >= 11 is 0. The topological polar surface area (TPSA) is 12.4 Å². The Labute approximate surface area is 73.5 Å². The van der Waals surface area contributed by atoms with E-state index in [2.05, 4.69) is 37.6 Å². The summed E-state index contributed by atoms with van der Waals surface area (Å²) in [6, 6.07) is 6.16. The zero-order valence-corrected chi connectivity index (χ0v) is 7.54. The molecule has 0 heterocycles. The van der Waals surface area contributed by atoms with Crippen LogP contribution in [0.4, 0.5) is 5.69 Å². The summed E-state index contributed by atoms with van der Waals surface area (Å²) in [5, 5.41) is 0. The van der Waals surface area contributed by atoms with Crippen LogP contribution in [0.5, 0.6) is 0 Å². The molecule has 0 aliphatic heterocycles. The molecule has 1 heteroatoms. The maximum Gasteiger partial charge on any atom is 0.0687 e. The number of hydrogen-bond acceptors (Lipinski definition) is 1. The Hall–Kier alpha value is -1.37. The minimum absolute atomic E-state index is 1.05. The van der Waals surface area contributed by atoms with Gasteiger partial charge in [0.15, 0.2) is 0 Å². The number of benzene rings is 1. The molecule has 0 fully saturated rings. The normalized spacial score (nSPS) is 10.5. The lowest BCUT2D eigenvalue weighted by atomic mass is 10.1. The molecule has 0 atom stereocenters. The van der Waals surface area contributed by atoms with Crippen molar-refractivity contribution in [2.24, 2.45) is 4.99 Å². The smallest absolute Gasteiger partial charge is 0.0687 e. The maximum absolute atomic E-state index is 4.28. The molecule has 1 aromatic carbocycles. The molecule has 0 radical (unpaired) electrons. The second-order valence-electron chi connectivity index (χ2n) is 2.75. The van der Waals surface area contributed by atoms with Crippen molar-refractivity contribution in [3.05, 3.63) is 42.0 Å². The van der Waals surface area contributed by atoms with Gasteiger partial charge in [-0.1, -0.05) is 30.9 Å². The second-order valence-corrected chi connectivity index (χ2v) is 2.75. The van der Waals surface area contributed by atoms with E-state index in [-0.39, 0.29) is 0 Å². The second kappa shape index (κ2) is 3.86. The van der Waals surface area contributed by atoms with Crippen molar-refractivity contribution in [2.75, 3.05) is 0 Å². The highest BCUT2D eigenvalue weighted by atomic mass is 14.7. The van der Waals surface area contributed by atoms with Gasteiger partial charge in [-0.05, 0) is 25.0 Å². The number of para-hydroxylation sites is 1. The molecule has 1 nitrogen and oxygen atoms in total. The predicted molar refractivity (Wildman–Crippen MR) is 54.3 cm³/mol. The van der Waals surface area contributed by atoms with E-state index in [0.717, 1.165) is 5.69 Å². The Balaban J connectivity index is 3.12. The highest BCUT2D eigenvalue weighted by molar-refractivity contribution is 5.75. The summed E-state index contributed by atoms with van der Waals surface area (Å²) in [6.45, 7) is 7.70. The number of nitrogens with zero attached hydrogens (tertiary/aromatic N) is 1. The SMILES string of the molecule is C=CC=Nc1c(C)cccc1C. The lowest BCUT2D eigenvalue weighted by molar-refractivity contribution is 1.33. The van der Waals surface area contributed by atoms with E-state index in [0.29, 0.717) is 0 Å². The Morgan fingerprint density at radius 2 is 1.83 bits per heavy atom. The molecule has 0 aliphatic rings. The van der Waals surface area contributed by atoms with E-state index in [1.807, 2.05) is 6.07 Å². The molecule has 12 heavy (non-hydrogen) atoms. The molecular formula is C11H13N. The highest BCUT2D eigenvalue weighted by Gasteiger charge is 1.96. The van der Waals surface area contributed by atoms with E-state index in [4.69, 9.17) is 0 Å². The van der Waals surface area contributed by atoms with Crippen molar-refractivity contribution in [3.8, 4) is 0 Å². The van der Waals surface area contributed by atoms with Gasteiger partial charge in [0.1, 0.15) is 0 Å². The fourth-order valence-electron chi connectivity index (χ4n) is 1.14. The summed E-state index contributed by atoms with van der Waals surface area (Å²) in [6.07, 6.45) is 3.40. The van der Waals surface area contributed by atoms with Crippen LogP contribution in [-0.4, -0.2) is 6.21 Å². The fraction of sp³-hybridized carbons (Fsp3) is 0.182. The van der Waals surface area contributed by atoms with Crippen LogP contribution in [0.3, 0.4) is 0 Å². The van der Waals surface area contributed by atoms with Crippen molar-refractivity contribution in [3.63, 3.8) is 0 Å². The van der Waals surface area contributed by atoms with Crippen molar-refractivity contribution in [1.29, 1.82) is 0 Å². The summed E-state index contributed by atoms with van der Waals surface area (Å²) in [5.74, 6) is 0. The predicted octanol–water partition coefficient (Wildman–Crippen LogP) is 3.19. The minimum atomic E-state index is 1.05. The van der Waals surface area contributed by atoms with E-state index in [9.17, 15) is 0 Å². The van der Waals surface area contributed by atoms with E-state index in [1.165, 1.54) is 11.1 Å². The van der Waals surface area contributed by atoms with Gasteiger partial charge < -0.3 is 0 Å². The van der Waals surface area contributed by atoms with Gasteiger partial charge in [-0.15, -0.1) is 0 Å². The average Bonchev–Trinajstić information content (AvgIpc) is 2.04. The Morgan fingerprint density at radius 3 is 2.33 bits per heavy atom. The average molecular weight is 159 g/mol. The number of hydrogen-bond donors (Lipinski definition) is 0. The number of allylic oxidation sites excluding steroid dienone is 1. The van der Waals surface area contributed by atoms with Gasteiger partial charge in [0.25, 0.3) is 0 Å². The summed E-state index contributed by atoms with van der Waals surface area (Å²) in [4.78, 5) is 4.28. The van der Waals surface area contributed by atoms with Gasteiger partial charge in [0, 0.05) is 6.21 Å². The van der Waals surface area contributed by atoms with Crippen molar-refractivity contribution in [1.82, 2.24) is 0 Å². The van der Waals surface area contributed by atoms with Crippen LogP contribution < -0.4 is 0 Å². The molecule has 0 saturated carbocycles. The van der Waals surface area contributed by atoms with Gasteiger partial charge in [-0.2, -0.15) is 0 Å². The molecule has 0 N–H and O–H groups in total. The number of rotatable bonds is 2. The summed E-state index contributed by atoms with van der Waals surface area (Å²) in [5.41, 5.74) is 3.46. The number of aliphatic imine (C=N–C) groups is 1. The third-order valence-corrected chi connectivity index (χ3v) is 1.75. The molecule has 0 unspecified atom stereocenters. The molecule has 0 amide bonds. The van der Waals surface area contributed by atoms with Gasteiger partial charge in [-0.25, -0.2) is 0 Å². The van der Waals surface area contributed by atoms with Gasteiger partial charge in [-0.3, -0.25) is 4.99 Å². The van der Waals surface area contributed by atoms with Crippen LogP contribution in [0.2, 0.25) is 0 Å². The standard InChI is InChI=1S/C11H13N/c1-4-8-12-11-9(2)6-5-7-10(11)3/h4-8H,1H2,2-3H3. The first-order chi connectivity index (χ1) is 5.75. The molecule has 1 aromatic rings. The van der Waals surface area contributed by atoms with Crippen molar-refractivity contribution in [2.45, 2.75) is 13.8 Å². The summed E-state index contributed by atoms with van der Waals surface area (Å²) in [7, 11) is 0. The minimum Gasteiger partial charge on any atom is -0.256 e. The first-order valence-electron chi connectivity index (χ1n) is 3.97. The molecule has 0 aromatic heterocycles. The van der Waals surface area contributed by atoms with Crippen LogP contribution in [0.25, 0.3) is 0 Å². The molecule has 0 spiro atoms. The Morgan fingerprint density at radius 1 is 1.25 bits per heavy atom. The molecular weight excluding hydrogens is 146 g/mol. The van der Waals surface area contributed by atoms with Crippen LogP contribution in [0.1, 0.15) is 11.1 Å². The van der Waals surface area contributed by atoms with E-state index in [1.54, 1.807) is 12.3 Å². The first-order valence-corrected chi connectivity index (χ1v) is 3.97. The van der Waals surface area contributed by atoms with E-state index >= 15 is 0 Å². The third kappa shape index (κ3) is 1.82. The largest absolute Gasteiger partial charge is 0.256 e. The Kier molecular flexibility index (Phi) is 2.81. The molecule has 0 saturated heterocycles. The monoisotopic (exact) mass is 159 g/mol. The van der Waals surface area contributed by atoms with Gasteiger partial charge in [0.05, 0.1) is 5.69 Å². The maximum atomic E-state index is 4.28. The van der Waals surface area contributed by atoms with Crippen molar-refractivity contribution >= 4 is 11.9 Å². The zero-order chi connectivity index (χ0) is 8.97. The summed E-state index contributed by atoms with van der Waals surface area (Å²) < 4.78 is 0. The van der Waals surface area contributed by atoms with Gasteiger partial charge >= 0.3 is 0 Å². The zero-order valence-electron chi connectivity index (χ0n) is 7.54. The first kappa shape index (κ1) is 8.72. The quantitative estimate of drug-likeness (QED) is 0.588. The third-order valence-electron chi connectivity index (χ3n) is 1.75.